The van der Waals surface area contributed by atoms with Gasteiger partial charge in [-0.1, -0.05) is 23.7 Å². The monoisotopic (exact) mass is 335 g/mol. The van der Waals surface area contributed by atoms with Gasteiger partial charge in [0.1, 0.15) is 5.92 Å². The van der Waals surface area contributed by atoms with Gasteiger partial charge in [0.25, 0.3) is 0 Å². The zero-order valence-electron chi connectivity index (χ0n) is 13.4. The van der Waals surface area contributed by atoms with E-state index < -0.39 is 23.8 Å². The fourth-order valence-corrected chi connectivity index (χ4v) is 3.10. The standard InChI is InChI=1S/C17H18ClNO4/c1-9-13(16(20)22-3)15(11-6-5-7-12(18)8-11)14(10(2)19-9)17(21)23-4/h5-8,13,15H,1-4H3/t13?,15-/m0/s1. The van der Waals surface area contributed by atoms with Crippen LogP contribution in [0.1, 0.15) is 25.3 Å². The molecular weight excluding hydrogens is 318 g/mol. The first-order valence-electron chi connectivity index (χ1n) is 7.08. The number of aliphatic imine (C=N–C) groups is 1. The van der Waals surface area contributed by atoms with Crippen LogP contribution >= 0.6 is 11.6 Å². The van der Waals surface area contributed by atoms with Crippen LogP contribution in [0, 0.1) is 5.92 Å². The zero-order valence-corrected chi connectivity index (χ0v) is 14.2. The summed E-state index contributed by atoms with van der Waals surface area (Å²) >= 11 is 6.08. The maximum atomic E-state index is 12.3. The van der Waals surface area contributed by atoms with Gasteiger partial charge in [0.2, 0.25) is 0 Å². The Morgan fingerprint density at radius 1 is 1.17 bits per heavy atom. The lowest BCUT2D eigenvalue weighted by Gasteiger charge is -2.31. The zero-order chi connectivity index (χ0) is 17.1. The lowest BCUT2D eigenvalue weighted by atomic mass is 9.75. The minimum absolute atomic E-state index is 0.343. The fraction of sp³-hybridized carbons (Fsp3) is 0.353. The highest BCUT2D eigenvalue weighted by Gasteiger charge is 2.42. The SMILES string of the molecule is COC(=O)C1=C(C)N=C(C)C(C(=O)OC)[C@@H]1c1cccc(Cl)c1. The average Bonchev–Trinajstić information content (AvgIpc) is 2.52. The Balaban J connectivity index is 2.68. The third-order valence-electron chi connectivity index (χ3n) is 3.90. The van der Waals surface area contributed by atoms with Crippen molar-refractivity contribution in [2.24, 2.45) is 10.9 Å². The third-order valence-corrected chi connectivity index (χ3v) is 4.13. The van der Waals surface area contributed by atoms with Gasteiger partial charge >= 0.3 is 11.9 Å². The van der Waals surface area contributed by atoms with Crippen LogP contribution in [0.3, 0.4) is 0 Å². The number of esters is 2. The van der Waals surface area contributed by atoms with Crippen molar-refractivity contribution in [2.45, 2.75) is 19.8 Å². The first kappa shape index (κ1) is 17.2. The van der Waals surface area contributed by atoms with Gasteiger partial charge < -0.3 is 9.47 Å². The van der Waals surface area contributed by atoms with Crippen LogP contribution in [0.4, 0.5) is 0 Å². The van der Waals surface area contributed by atoms with Gasteiger partial charge in [-0.25, -0.2) is 4.79 Å². The minimum Gasteiger partial charge on any atom is -0.468 e. The second kappa shape index (κ2) is 6.96. The van der Waals surface area contributed by atoms with E-state index in [1.54, 1.807) is 32.0 Å². The Hall–Kier alpha value is -2.14. The molecule has 0 aliphatic carbocycles. The number of carbonyl (C=O) groups is 2. The van der Waals surface area contributed by atoms with Crippen molar-refractivity contribution in [3.63, 3.8) is 0 Å². The number of hydrogen-bond donors (Lipinski definition) is 0. The first-order valence-corrected chi connectivity index (χ1v) is 7.46. The van der Waals surface area contributed by atoms with Crippen molar-refractivity contribution in [3.05, 3.63) is 46.1 Å². The molecule has 0 saturated heterocycles. The van der Waals surface area contributed by atoms with E-state index in [0.717, 1.165) is 5.56 Å². The van der Waals surface area contributed by atoms with E-state index in [0.29, 0.717) is 22.0 Å². The average molecular weight is 336 g/mol. The number of carbonyl (C=O) groups excluding carboxylic acids is 2. The Kier molecular flexibility index (Phi) is 5.21. The summed E-state index contributed by atoms with van der Waals surface area (Å²) in [7, 11) is 2.61. The van der Waals surface area contributed by atoms with Crippen LogP contribution in [0.2, 0.25) is 5.02 Å². The molecule has 122 valence electrons. The molecule has 0 bridgehead atoms. The number of benzene rings is 1. The number of ether oxygens (including phenoxy) is 2. The van der Waals surface area contributed by atoms with Crippen LogP contribution in [-0.2, 0) is 19.1 Å². The molecule has 0 N–H and O–H groups in total. The van der Waals surface area contributed by atoms with Crippen LogP contribution in [0.5, 0.6) is 0 Å². The molecule has 0 radical (unpaired) electrons. The first-order chi connectivity index (χ1) is 10.9. The molecule has 0 amide bonds. The van der Waals surface area contributed by atoms with Crippen LogP contribution in [0.25, 0.3) is 0 Å². The molecule has 0 saturated carbocycles. The van der Waals surface area contributed by atoms with Gasteiger partial charge in [-0.05, 0) is 31.5 Å². The summed E-state index contributed by atoms with van der Waals surface area (Å²) in [4.78, 5) is 28.9. The molecule has 0 fully saturated rings. The van der Waals surface area contributed by atoms with Crippen molar-refractivity contribution in [1.82, 2.24) is 0 Å². The number of hydrogen-bond acceptors (Lipinski definition) is 5. The number of nitrogens with zero attached hydrogens (tertiary/aromatic N) is 1. The number of allylic oxidation sites excluding steroid dienone is 1. The van der Waals surface area contributed by atoms with Crippen LogP contribution in [-0.4, -0.2) is 31.9 Å². The molecule has 5 nitrogen and oxygen atoms in total. The molecule has 0 spiro atoms. The Bertz CT molecular complexity index is 708. The topological polar surface area (TPSA) is 65.0 Å². The highest BCUT2D eigenvalue weighted by atomic mass is 35.5. The van der Waals surface area contributed by atoms with E-state index in [1.165, 1.54) is 14.2 Å². The summed E-state index contributed by atoms with van der Waals surface area (Å²) in [6.07, 6.45) is 0. The summed E-state index contributed by atoms with van der Waals surface area (Å²) in [6, 6.07) is 7.06. The smallest absolute Gasteiger partial charge is 0.336 e. The van der Waals surface area contributed by atoms with Gasteiger partial charge in [0.15, 0.2) is 0 Å². The largest absolute Gasteiger partial charge is 0.468 e. The lowest BCUT2D eigenvalue weighted by molar-refractivity contribution is -0.143. The molecule has 2 atom stereocenters. The Labute approximate surface area is 139 Å². The van der Waals surface area contributed by atoms with Crippen LogP contribution in [0.15, 0.2) is 40.5 Å². The lowest BCUT2D eigenvalue weighted by Crippen LogP contribution is -2.36. The van der Waals surface area contributed by atoms with Crippen LogP contribution < -0.4 is 0 Å². The number of methoxy groups -OCH3 is 2. The van der Waals surface area contributed by atoms with E-state index in [4.69, 9.17) is 21.1 Å². The molecule has 1 aromatic carbocycles. The summed E-state index contributed by atoms with van der Waals surface area (Å²) in [5, 5.41) is 0.521. The molecule has 6 heteroatoms. The number of halogens is 1. The summed E-state index contributed by atoms with van der Waals surface area (Å²) in [6.45, 7) is 3.47. The van der Waals surface area contributed by atoms with E-state index >= 15 is 0 Å². The van der Waals surface area contributed by atoms with Gasteiger partial charge in [-0.2, -0.15) is 0 Å². The maximum Gasteiger partial charge on any atom is 0.336 e. The quantitative estimate of drug-likeness (QED) is 0.796. The molecule has 1 aromatic rings. The number of rotatable bonds is 3. The van der Waals surface area contributed by atoms with E-state index in [2.05, 4.69) is 4.99 Å². The van der Waals surface area contributed by atoms with Crippen molar-refractivity contribution in [2.75, 3.05) is 14.2 Å². The molecule has 1 heterocycles. The molecule has 2 rings (SSSR count). The summed E-state index contributed by atoms with van der Waals surface area (Å²) < 4.78 is 9.80. The predicted octanol–water partition coefficient (Wildman–Crippen LogP) is 3.13. The van der Waals surface area contributed by atoms with Crippen molar-refractivity contribution >= 4 is 29.3 Å². The second-order valence-electron chi connectivity index (χ2n) is 5.28. The molecule has 1 aliphatic rings. The highest BCUT2D eigenvalue weighted by Crippen LogP contribution is 2.40. The molecular formula is C17H18ClNO4. The summed E-state index contributed by atoms with van der Waals surface area (Å²) in [5.74, 6) is -2.22. The van der Waals surface area contributed by atoms with Gasteiger partial charge in [-0.15, -0.1) is 0 Å². The van der Waals surface area contributed by atoms with E-state index in [1.807, 2.05) is 6.07 Å². The Morgan fingerprint density at radius 2 is 1.87 bits per heavy atom. The predicted molar refractivity (Wildman–Crippen MR) is 87.5 cm³/mol. The highest BCUT2D eigenvalue weighted by molar-refractivity contribution is 6.30. The molecule has 23 heavy (non-hydrogen) atoms. The second-order valence-corrected chi connectivity index (χ2v) is 5.71. The minimum atomic E-state index is -0.698. The summed E-state index contributed by atoms with van der Waals surface area (Å²) in [5.41, 5.74) is 2.20. The molecule has 0 aromatic heterocycles. The van der Waals surface area contributed by atoms with Gasteiger partial charge in [-0.3, -0.25) is 9.79 Å². The molecule has 1 unspecified atom stereocenters. The van der Waals surface area contributed by atoms with Crippen molar-refractivity contribution in [3.8, 4) is 0 Å². The maximum absolute atomic E-state index is 12.3. The Morgan fingerprint density at radius 3 is 2.43 bits per heavy atom. The molecule has 1 aliphatic heterocycles. The third kappa shape index (κ3) is 3.29. The van der Waals surface area contributed by atoms with E-state index in [9.17, 15) is 9.59 Å². The van der Waals surface area contributed by atoms with Gasteiger partial charge in [0.05, 0.1) is 19.8 Å². The van der Waals surface area contributed by atoms with E-state index in [-0.39, 0.29) is 0 Å². The fourth-order valence-electron chi connectivity index (χ4n) is 2.90. The van der Waals surface area contributed by atoms with Gasteiger partial charge in [0, 0.05) is 22.3 Å². The van der Waals surface area contributed by atoms with Crippen molar-refractivity contribution < 1.29 is 19.1 Å². The normalized spacial score (nSPS) is 20.8. The van der Waals surface area contributed by atoms with Crippen molar-refractivity contribution in [1.29, 1.82) is 0 Å².